The summed E-state index contributed by atoms with van der Waals surface area (Å²) in [5.41, 5.74) is 27.2. The lowest BCUT2D eigenvalue weighted by Crippen LogP contribution is -2.60. The number of aryl methyl sites for hydroxylation is 2. The first-order valence-electron chi connectivity index (χ1n) is 25.8. The lowest BCUT2D eigenvalue weighted by Gasteiger charge is -2.42. The number of hydrogen-bond acceptors (Lipinski definition) is 4. The van der Waals surface area contributed by atoms with E-state index in [1.165, 1.54) is 132 Å². The molecule has 0 saturated heterocycles. The second-order valence-corrected chi connectivity index (χ2v) is 20.8. The van der Waals surface area contributed by atoms with Crippen LogP contribution < -0.4 is 52.1 Å². The Labute approximate surface area is 431 Å². The molecule has 16 rings (SSSR count). The van der Waals surface area contributed by atoms with Crippen LogP contribution in [0.15, 0.2) is 206 Å². The molecule has 0 spiro atoms. The Morgan fingerprint density at radius 3 is 1.30 bits per heavy atom. The van der Waals surface area contributed by atoms with E-state index in [0.717, 1.165) is 34.2 Å². The summed E-state index contributed by atoms with van der Waals surface area (Å²) in [6, 6.07) is 77.6. The summed E-state index contributed by atoms with van der Waals surface area (Å²) in [6.07, 6.45) is 0. The molecule has 0 atom stereocenters. The van der Waals surface area contributed by atoms with E-state index in [0.29, 0.717) is 0 Å². The molecular formula is C68H46B2N2O2. The zero-order valence-electron chi connectivity index (χ0n) is 41.5. The molecule has 12 aromatic rings. The molecule has 0 saturated carbocycles. The van der Waals surface area contributed by atoms with Gasteiger partial charge in [-0.15, -0.1) is 0 Å². The zero-order valence-corrected chi connectivity index (χ0v) is 41.5. The highest BCUT2D eigenvalue weighted by atomic mass is 16.5. The maximum Gasteiger partial charge on any atom is 0.248 e. The number of anilines is 6. The van der Waals surface area contributed by atoms with Crippen LogP contribution in [0.5, 0.6) is 11.5 Å². The van der Waals surface area contributed by atoms with Crippen LogP contribution in [0.1, 0.15) is 11.1 Å². The molecule has 6 heteroatoms. The van der Waals surface area contributed by atoms with Gasteiger partial charge in [-0.3, -0.25) is 0 Å². The van der Waals surface area contributed by atoms with Gasteiger partial charge in [0.15, 0.2) is 0 Å². The molecule has 4 aliphatic rings. The predicted molar refractivity (Wildman–Crippen MR) is 313 cm³/mol. The molecule has 0 N–H and O–H groups in total. The summed E-state index contributed by atoms with van der Waals surface area (Å²) in [6.45, 7) is 4.38. The first-order valence-corrected chi connectivity index (χ1v) is 25.8. The number of ether oxygens (including phenoxy) is 2. The molecule has 0 bridgehead atoms. The number of benzene rings is 12. The van der Waals surface area contributed by atoms with Crippen LogP contribution >= 0.6 is 0 Å². The van der Waals surface area contributed by atoms with E-state index >= 15 is 0 Å². The second kappa shape index (κ2) is 15.3. The highest BCUT2D eigenvalue weighted by Crippen LogP contribution is 2.53. The largest absolute Gasteiger partial charge is 0.497 e. The molecule has 4 heterocycles. The van der Waals surface area contributed by atoms with Crippen molar-refractivity contribution in [1.82, 2.24) is 0 Å². The minimum absolute atomic E-state index is 0.0473. The Kier molecular flexibility index (Phi) is 8.59. The summed E-state index contributed by atoms with van der Waals surface area (Å²) in [5.74, 6) is 1.68. The summed E-state index contributed by atoms with van der Waals surface area (Å²) < 4.78 is 12.4. The van der Waals surface area contributed by atoms with Crippen molar-refractivity contribution in [3.8, 4) is 56.0 Å². The van der Waals surface area contributed by atoms with Gasteiger partial charge in [0, 0.05) is 46.3 Å². The Morgan fingerprint density at radius 1 is 0.324 bits per heavy atom. The van der Waals surface area contributed by atoms with Gasteiger partial charge in [0.2, 0.25) is 13.4 Å². The number of hydrogen-bond donors (Lipinski definition) is 0. The molecule has 0 unspecified atom stereocenters. The normalized spacial score (nSPS) is 13.3. The van der Waals surface area contributed by atoms with Crippen molar-refractivity contribution < 1.29 is 9.47 Å². The molecule has 346 valence electrons. The highest BCUT2D eigenvalue weighted by Gasteiger charge is 2.46. The minimum Gasteiger partial charge on any atom is -0.497 e. The predicted octanol–water partition coefficient (Wildman–Crippen LogP) is 13.1. The van der Waals surface area contributed by atoms with E-state index in [4.69, 9.17) is 9.47 Å². The van der Waals surface area contributed by atoms with Crippen molar-refractivity contribution >= 4 is 113 Å². The first kappa shape index (κ1) is 41.6. The topological polar surface area (TPSA) is 24.9 Å². The summed E-state index contributed by atoms with van der Waals surface area (Å²) >= 11 is 0. The molecule has 12 aromatic carbocycles. The molecule has 4 aliphatic heterocycles. The van der Waals surface area contributed by atoms with E-state index in [9.17, 15) is 0 Å². The van der Waals surface area contributed by atoms with Gasteiger partial charge < -0.3 is 19.3 Å². The molecule has 0 aliphatic carbocycles. The van der Waals surface area contributed by atoms with Gasteiger partial charge in [-0.2, -0.15) is 0 Å². The Balaban J connectivity index is 1.12. The molecule has 74 heavy (non-hydrogen) atoms. The van der Waals surface area contributed by atoms with Crippen LogP contribution in [-0.4, -0.2) is 27.6 Å². The number of rotatable bonds is 6. The summed E-state index contributed by atoms with van der Waals surface area (Å²) in [7, 11) is 3.58. The standard InChI is InChI=1S/C68H46B2N2O2/c1-39-25-27-55-59(30-39)71(43-21-13-7-14-22-43)62-34-46(74-4)32-54-50-36-48(42-19-11-6-12-20-42)52-37-57-63-49(35-47(41-17-9-5-10-18-41)51-38-58(69(55)68(54)62)64(50)66(52)65(51)63)53-29-40(2)31-61-67(53)70(57)56-28-26-45(73-3)33-60(56)72(61)44-23-15-8-16-24-44/h5-38H,1-4H3. The monoisotopic (exact) mass is 944 g/mol. The summed E-state index contributed by atoms with van der Waals surface area (Å²) in [4.78, 5) is 4.95. The Hall–Kier alpha value is -8.99. The van der Waals surface area contributed by atoms with Crippen LogP contribution in [0.4, 0.5) is 34.1 Å². The van der Waals surface area contributed by atoms with Crippen molar-refractivity contribution in [3.05, 3.63) is 217 Å². The van der Waals surface area contributed by atoms with Crippen molar-refractivity contribution in [3.63, 3.8) is 0 Å². The molecular weight excluding hydrogens is 898 g/mol. The van der Waals surface area contributed by atoms with E-state index in [-0.39, 0.29) is 13.4 Å². The fourth-order valence-corrected chi connectivity index (χ4v) is 13.9. The fourth-order valence-electron chi connectivity index (χ4n) is 13.9. The van der Waals surface area contributed by atoms with E-state index in [2.05, 4.69) is 230 Å². The smallest absolute Gasteiger partial charge is 0.248 e. The van der Waals surface area contributed by atoms with Crippen LogP contribution in [0, 0.1) is 13.8 Å². The number of nitrogens with zero attached hydrogens (tertiary/aromatic N) is 2. The average Bonchev–Trinajstić information content (AvgIpc) is 3.50. The third kappa shape index (κ3) is 5.55. The molecule has 0 aromatic heterocycles. The van der Waals surface area contributed by atoms with Crippen LogP contribution in [0.3, 0.4) is 0 Å². The third-order valence-electron chi connectivity index (χ3n) is 16.8. The van der Waals surface area contributed by atoms with Crippen molar-refractivity contribution in [1.29, 1.82) is 0 Å². The van der Waals surface area contributed by atoms with Gasteiger partial charge in [-0.1, -0.05) is 144 Å². The van der Waals surface area contributed by atoms with Crippen molar-refractivity contribution in [2.45, 2.75) is 13.8 Å². The Bertz CT molecular complexity index is 4370. The lowest BCUT2D eigenvalue weighted by atomic mass is 9.31. The average molecular weight is 945 g/mol. The number of fused-ring (bicyclic) bond motifs is 8. The SMILES string of the molecule is COc1ccc2c(c1)N(c1ccccc1)c1cc(C)cc3c1B2c1cc2c(-c4ccccc4)cc4c5c(cc6c(-c7ccccc7)cc-3c1c6c25)B1c2ccc(C)cc2N(c2ccccc2)c2cc(OC)cc-4c21. The Morgan fingerprint density at radius 2 is 0.770 bits per heavy atom. The van der Waals surface area contributed by atoms with Crippen molar-refractivity contribution in [2.75, 3.05) is 24.0 Å². The quantitative estimate of drug-likeness (QED) is 0.122. The van der Waals surface area contributed by atoms with Gasteiger partial charge >= 0.3 is 0 Å². The molecule has 0 radical (unpaired) electrons. The van der Waals surface area contributed by atoms with Crippen molar-refractivity contribution in [2.24, 2.45) is 0 Å². The van der Waals surface area contributed by atoms with Gasteiger partial charge in [-0.25, -0.2) is 0 Å². The fraction of sp³-hybridized carbons (Fsp3) is 0.0588. The van der Waals surface area contributed by atoms with Gasteiger partial charge in [-0.05, 0) is 184 Å². The van der Waals surface area contributed by atoms with Crippen LogP contribution in [0.2, 0.25) is 0 Å². The third-order valence-corrected chi connectivity index (χ3v) is 16.8. The number of para-hydroxylation sites is 2. The maximum atomic E-state index is 6.33. The molecule has 4 nitrogen and oxygen atoms in total. The molecule has 0 fully saturated rings. The van der Waals surface area contributed by atoms with Gasteiger partial charge in [0.1, 0.15) is 11.5 Å². The zero-order chi connectivity index (χ0) is 49.1. The highest BCUT2D eigenvalue weighted by molar-refractivity contribution is 7.02. The van der Waals surface area contributed by atoms with Crippen LogP contribution in [-0.2, 0) is 0 Å². The van der Waals surface area contributed by atoms with Gasteiger partial charge in [0.25, 0.3) is 0 Å². The maximum absolute atomic E-state index is 6.33. The number of methoxy groups -OCH3 is 2. The van der Waals surface area contributed by atoms with E-state index in [1.54, 1.807) is 7.11 Å². The second-order valence-electron chi connectivity index (χ2n) is 20.8. The summed E-state index contributed by atoms with van der Waals surface area (Å²) in [5, 5.41) is 7.88. The molecule has 0 amide bonds. The lowest BCUT2D eigenvalue weighted by molar-refractivity contribution is 0.415. The van der Waals surface area contributed by atoms with Gasteiger partial charge in [0.05, 0.1) is 14.2 Å². The minimum atomic E-state index is -0.0520. The van der Waals surface area contributed by atoms with Crippen LogP contribution in [0.25, 0.3) is 76.8 Å². The van der Waals surface area contributed by atoms with E-state index < -0.39 is 0 Å². The van der Waals surface area contributed by atoms with E-state index in [1.807, 2.05) is 7.11 Å². The first-order chi connectivity index (χ1) is 36.4.